The Balaban J connectivity index is 4.12. The van der Waals surface area contributed by atoms with Gasteiger partial charge in [-0.1, -0.05) is 68.9 Å². The first-order valence-corrected chi connectivity index (χ1v) is 12.9. The minimum atomic E-state index is 0.255. The molecular formula is C20H36O3S3. The molecule has 1 unspecified atom stereocenters. The summed E-state index contributed by atoms with van der Waals surface area (Å²) >= 11 is 4.32. The number of hydrogen-bond acceptors (Lipinski definition) is 6. The predicted molar refractivity (Wildman–Crippen MR) is 119 cm³/mol. The standard InChI is InChI=1S/C20H36O3S3/c1-4-7-15-24-19(22)13-9-8-12-17(26-20(23)11-6-3)14-16-25-18(21)10-5-2/h17H,4-16H2,1-3H3. The Bertz CT molecular complexity index is 400. The first-order valence-electron chi connectivity index (χ1n) is 10.0. The van der Waals surface area contributed by atoms with Crippen LogP contribution in [0, 0.1) is 0 Å². The zero-order valence-electron chi connectivity index (χ0n) is 16.7. The fourth-order valence-corrected chi connectivity index (χ4v) is 5.63. The van der Waals surface area contributed by atoms with E-state index in [1.807, 2.05) is 13.8 Å². The van der Waals surface area contributed by atoms with E-state index in [-0.39, 0.29) is 15.5 Å². The molecule has 0 aliphatic rings. The Kier molecular flexibility index (Phi) is 18.5. The van der Waals surface area contributed by atoms with Crippen molar-refractivity contribution in [3.63, 3.8) is 0 Å². The van der Waals surface area contributed by atoms with Crippen LogP contribution in [0.3, 0.4) is 0 Å². The lowest BCUT2D eigenvalue weighted by Crippen LogP contribution is -2.09. The van der Waals surface area contributed by atoms with Crippen molar-refractivity contribution in [2.75, 3.05) is 11.5 Å². The summed E-state index contributed by atoms with van der Waals surface area (Å²) in [6.07, 6.45) is 9.61. The highest BCUT2D eigenvalue weighted by molar-refractivity contribution is 8.14. The number of unbranched alkanes of at least 4 members (excludes halogenated alkanes) is 2. The maximum Gasteiger partial charge on any atom is 0.189 e. The normalized spacial score (nSPS) is 12.1. The van der Waals surface area contributed by atoms with E-state index in [0.29, 0.717) is 24.4 Å². The van der Waals surface area contributed by atoms with Crippen molar-refractivity contribution in [1.82, 2.24) is 0 Å². The van der Waals surface area contributed by atoms with Crippen LogP contribution in [0.5, 0.6) is 0 Å². The molecule has 0 aliphatic carbocycles. The highest BCUT2D eigenvalue weighted by Crippen LogP contribution is 2.26. The van der Waals surface area contributed by atoms with Crippen LogP contribution in [0.1, 0.15) is 91.4 Å². The van der Waals surface area contributed by atoms with Crippen molar-refractivity contribution in [2.45, 2.75) is 96.7 Å². The van der Waals surface area contributed by atoms with Gasteiger partial charge in [0, 0.05) is 36.0 Å². The van der Waals surface area contributed by atoms with Crippen LogP contribution < -0.4 is 0 Å². The highest BCUT2D eigenvalue weighted by atomic mass is 32.2. The fourth-order valence-electron chi connectivity index (χ4n) is 2.34. The minimum absolute atomic E-state index is 0.255. The van der Waals surface area contributed by atoms with E-state index < -0.39 is 0 Å². The van der Waals surface area contributed by atoms with Gasteiger partial charge in [0.05, 0.1) is 0 Å². The van der Waals surface area contributed by atoms with Crippen LogP contribution in [0.25, 0.3) is 0 Å². The molecule has 0 spiro atoms. The lowest BCUT2D eigenvalue weighted by molar-refractivity contribution is -0.111. The number of rotatable bonds is 16. The van der Waals surface area contributed by atoms with Crippen molar-refractivity contribution < 1.29 is 14.4 Å². The number of hydrogen-bond donors (Lipinski definition) is 0. The lowest BCUT2D eigenvalue weighted by Gasteiger charge is -2.15. The maximum absolute atomic E-state index is 12.0. The molecule has 0 aromatic carbocycles. The van der Waals surface area contributed by atoms with Gasteiger partial charge in [-0.3, -0.25) is 14.4 Å². The predicted octanol–water partition coefficient (Wildman–Crippen LogP) is 6.49. The topological polar surface area (TPSA) is 51.2 Å². The van der Waals surface area contributed by atoms with E-state index in [1.54, 1.807) is 0 Å². The Morgan fingerprint density at radius 1 is 0.654 bits per heavy atom. The lowest BCUT2D eigenvalue weighted by atomic mass is 10.1. The SMILES string of the molecule is CCCCSC(=O)CCCCC(CCSC(=O)CCC)SC(=O)CCC. The van der Waals surface area contributed by atoms with Gasteiger partial charge in [-0.2, -0.15) is 0 Å². The molecule has 0 aromatic rings. The Morgan fingerprint density at radius 2 is 1.27 bits per heavy atom. The maximum atomic E-state index is 12.0. The molecule has 1 atom stereocenters. The van der Waals surface area contributed by atoms with Crippen LogP contribution in [0.2, 0.25) is 0 Å². The molecule has 6 heteroatoms. The van der Waals surface area contributed by atoms with Crippen molar-refractivity contribution in [2.24, 2.45) is 0 Å². The summed E-state index contributed by atoms with van der Waals surface area (Å²) in [5, 5.41) is 1.09. The molecule has 0 N–H and O–H groups in total. The van der Waals surface area contributed by atoms with Gasteiger partial charge >= 0.3 is 0 Å². The second-order valence-electron chi connectivity index (χ2n) is 6.44. The largest absolute Gasteiger partial charge is 0.287 e. The molecular weight excluding hydrogens is 384 g/mol. The fraction of sp³-hybridized carbons (Fsp3) is 0.850. The molecule has 0 rings (SSSR count). The third-order valence-corrected chi connectivity index (χ3v) is 7.08. The molecule has 0 aromatic heterocycles. The summed E-state index contributed by atoms with van der Waals surface area (Å²) < 4.78 is 0. The molecule has 26 heavy (non-hydrogen) atoms. The van der Waals surface area contributed by atoms with Gasteiger partial charge in [0.1, 0.15) is 0 Å². The monoisotopic (exact) mass is 420 g/mol. The Labute approximate surface area is 173 Å². The average Bonchev–Trinajstić information content (AvgIpc) is 2.59. The first kappa shape index (κ1) is 26.1. The van der Waals surface area contributed by atoms with Crippen molar-refractivity contribution in [3.05, 3.63) is 0 Å². The molecule has 0 radical (unpaired) electrons. The minimum Gasteiger partial charge on any atom is -0.287 e. The Hall–Kier alpha value is 0.0600. The number of carbonyl (C=O) groups excluding carboxylic acids is 3. The number of carbonyl (C=O) groups is 3. The molecule has 0 saturated heterocycles. The van der Waals surface area contributed by atoms with Crippen molar-refractivity contribution in [3.8, 4) is 0 Å². The highest BCUT2D eigenvalue weighted by Gasteiger charge is 2.15. The molecule has 152 valence electrons. The van der Waals surface area contributed by atoms with E-state index >= 15 is 0 Å². The quantitative estimate of drug-likeness (QED) is 0.266. The number of thioether (sulfide) groups is 3. The molecule has 0 fully saturated rings. The van der Waals surface area contributed by atoms with Gasteiger partial charge in [0.2, 0.25) is 0 Å². The van der Waals surface area contributed by atoms with E-state index in [9.17, 15) is 14.4 Å². The summed E-state index contributed by atoms with van der Waals surface area (Å²) in [6, 6.07) is 0. The van der Waals surface area contributed by atoms with Crippen LogP contribution in [0.15, 0.2) is 0 Å². The molecule has 0 amide bonds. The van der Waals surface area contributed by atoms with Crippen molar-refractivity contribution in [1.29, 1.82) is 0 Å². The van der Waals surface area contributed by atoms with Gasteiger partial charge in [-0.25, -0.2) is 0 Å². The summed E-state index contributed by atoms with van der Waals surface area (Å²) in [4.78, 5) is 35.4. The zero-order chi connectivity index (χ0) is 19.6. The summed E-state index contributed by atoms with van der Waals surface area (Å²) in [5.41, 5.74) is 0. The van der Waals surface area contributed by atoms with E-state index in [2.05, 4.69) is 6.92 Å². The van der Waals surface area contributed by atoms with E-state index in [4.69, 9.17) is 0 Å². The van der Waals surface area contributed by atoms with Crippen molar-refractivity contribution >= 4 is 50.6 Å². The van der Waals surface area contributed by atoms with Gasteiger partial charge < -0.3 is 0 Å². The second kappa shape index (κ2) is 18.4. The van der Waals surface area contributed by atoms with Gasteiger partial charge in [-0.05, 0) is 38.5 Å². The summed E-state index contributed by atoms with van der Waals surface area (Å²) in [6.45, 7) is 6.17. The second-order valence-corrected chi connectivity index (χ2v) is 10.1. The van der Waals surface area contributed by atoms with Crippen LogP contribution >= 0.6 is 35.3 Å². The van der Waals surface area contributed by atoms with Crippen LogP contribution in [-0.4, -0.2) is 32.1 Å². The molecule has 3 nitrogen and oxygen atoms in total. The molecule has 0 heterocycles. The summed E-state index contributed by atoms with van der Waals surface area (Å²) in [7, 11) is 0. The summed E-state index contributed by atoms with van der Waals surface area (Å²) in [5.74, 6) is 1.73. The van der Waals surface area contributed by atoms with E-state index in [1.165, 1.54) is 35.3 Å². The first-order chi connectivity index (χ1) is 12.5. The van der Waals surface area contributed by atoms with Crippen LogP contribution in [0.4, 0.5) is 0 Å². The zero-order valence-corrected chi connectivity index (χ0v) is 19.2. The Morgan fingerprint density at radius 3 is 1.92 bits per heavy atom. The van der Waals surface area contributed by atoms with E-state index in [0.717, 1.165) is 62.9 Å². The van der Waals surface area contributed by atoms with Gasteiger partial charge in [-0.15, -0.1) is 0 Å². The molecule has 0 aliphatic heterocycles. The van der Waals surface area contributed by atoms with Gasteiger partial charge in [0.15, 0.2) is 15.3 Å². The smallest absolute Gasteiger partial charge is 0.189 e. The molecule has 0 bridgehead atoms. The molecule has 0 saturated carbocycles. The average molecular weight is 421 g/mol. The van der Waals surface area contributed by atoms with Crippen LogP contribution in [-0.2, 0) is 14.4 Å². The third kappa shape index (κ3) is 16.2. The van der Waals surface area contributed by atoms with Gasteiger partial charge in [0.25, 0.3) is 0 Å². The third-order valence-electron chi connectivity index (χ3n) is 3.83.